The molecule has 0 aromatic carbocycles. The third-order valence-electron chi connectivity index (χ3n) is 3.81. The fourth-order valence-electron chi connectivity index (χ4n) is 2.57. The van der Waals surface area contributed by atoms with Crippen molar-refractivity contribution < 1.29 is 27.8 Å². The maximum atomic E-state index is 12.4. The van der Waals surface area contributed by atoms with Crippen molar-refractivity contribution in [3.05, 3.63) is 29.6 Å². The number of carboxylic acids is 1. The summed E-state index contributed by atoms with van der Waals surface area (Å²) in [4.78, 5) is 14.4. The molecule has 0 saturated heterocycles. The van der Waals surface area contributed by atoms with E-state index in [-0.39, 0.29) is 12.6 Å². The largest absolute Gasteiger partial charge is 0.547 e. The molecule has 1 saturated carbocycles. The topological polar surface area (TPSA) is 98.8 Å². The van der Waals surface area contributed by atoms with E-state index in [1.165, 1.54) is 6.07 Å². The highest BCUT2D eigenvalue weighted by molar-refractivity contribution is 5.70. The molecular formula is C15H21F3N2O3. The maximum Gasteiger partial charge on any atom is 0.433 e. The van der Waals surface area contributed by atoms with Crippen LogP contribution in [0.5, 0.6) is 0 Å². The lowest BCUT2D eigenvalue weighted by atomic mass is 10.1. The predicted octanol–water partition coefficient (Wildman–Crippen LogP) is 2.34. The maximum absolute atomic E-state index is 12.4. The summed E-state index contributed by atoms with van der Waals surface area (Å²) in [5.74, 6) is -1.01. The van der Waals surface area contributed by atoms with E-state index in [9.17, 15) is 23.1 Å². The van der Waals surface area contributed by atoms with Crippen LogP contribution < -0.4 is 11.3 Å². The van der Waals surface area contributed by atoms with Gasteiger partial charge in [0, 0.05) is 12.6 Å². The molecule has 0 aliphatic heterocycles. The minimum Gasteiger partial charge on any atom is -0.547 e. The second kappa shape index (κ2) is 8.26. The van der Waals surface area contributed by atoms with Crippen LogP contribution in [0, 0.1) is 5.92 Å². The van der Waals surface area contributed by atoms with Gasteiger partial charge >= 0.3 is 6.18 Å². The highest BCUT2D eigenvalue weighted by Gasteiger charge is 2.32. The van der Waals surface area contributed by atoms with Gasteiger partial charge in [0.05, 0.1) is 12.6 Å². The first-order valence-corrected chi connectivity index (χ1v) is 7.21. The normalized spacial score (nSPS) is 16.8. The SMILES string of the molecule is O=C([O-])C(Cc1ccc(C(F)(F)F)nc1)OCC1CCCC1.[NH4+]. The summed E-state index contributed by atoms with van der Waals surface area (Å²) < 4.78 is 42.6. The number of aromatic nitrogens is 1. The summed E-state index contributed by atoms with van der Waals surface area (Å²) in [5.41, 5.74) is -0.637. The van der Waals surface area contributed by atoms with Crippen molar-refractivity contribution in [3.8, 4) is 0 Å². The molecule has 1 heterocycles. The number of nitrogens with zero attached hydrogens (tertiary/aromatic N) is 1. The van der Waals surface area contributed by atoms with Crippen molar-refractivity contribution in [2.24, 2.45) is 5.92 Å². The van der Waals surface area contributed by atoms with Gasteiger partial charge in [-0.1, -0.05) is 18.9 Å². The summed E-state index contributed by atoms with van der Waals surface area (Å²) in [7, 11) is 0. The van der Waals surface area contributed by atoms with Gasteiger partial charge in [0.25, 0.3) is 0 Å². The van der Waals surface area contributed by atoms with Gasteiger partial charge in [-0.05, 0) is 30.4 Å². The number of hydrogen-bond donors (Lipinski definition) is 1. The van der Waals surface area contributed by atoms with Crippen molar-refractivity contribution in [2.75, 3.05) is 6.61 Å². The average Bonchev–Trinajstić information content (AvgIpc) is 2.96. The Morgan fingerprint density at radius 2 is 2.00 bits per heavy atom. The number of carbonyl (C=O) groups is 1. The summed E-state index contributed by atoms with van der Waals surface area (Å²) >= 11 is 0. The predicted molar refractivity (Wildman–Crippen MR) is 75.6 cm³/mol. The number of carbonyl (C=O) groups excluding carboxylic acids is 1. The number of pyridine rings is 1. The van der Waals surface area contributed by atoms with Crippen LogP contribution in [0.2, 0.25) is 0 Å². The Kier molecular flexibility index (Phi) is 6.96. The van der Waals surface area contributed by atoms with Crippen LogP contribution in [0.3, 0.4) is 0 Å². The van der Waals surface area contributed by atoms with E-state index in [0.29, 0.717) is 18.1 Å². The first-order valence-electron chi connectivity index (χ1n) is 7.21. The minimum absolute atomic E-state index is 0. The number of rotatable bonds is 6. The summed E-state index contributed by atoms with van der Waals surface area (Å²) in [6.07, 6.45) is -0.439. The highest BCUT2D eigenvalue weighted by Crippen LogP contribution is 2.28. The summed E-state index contributed by atoms with van der Waals surface area (Å²) in [5, 5.41) is 11.1. The van der Waals surface area contributed by atoms with E-state index in [0.717, 1.165) is 37.9 Å². The number of aliphatic carboxylic acids is 1. The Hall–Kier alpha value is -1.67. The van der Waals surface area contributed by atoms with E-state index in [4.69, 9.17) is 4.74 Å². The van der Waals surface area contributed by atoms with E-state index in [1.807, 2.05) is 0 Å². The molecular weight excluding hydrogens is 313 g/mol. The van der Waals surface area contributed by atoms with Crippen LogP contribution in [0.25, 0.3) is 0 Å². The lowest BCUT2D eigenvalue weighted by Crippen LogP contribution is -2.39. The molecule has 5 nitrogen and oxygen atoms in total. The van der Waals surface area contributed by atoms with Crippen LogP contribution in [-0.4, -0.2) is 23.7 Å². The Morgan fingerprint density at radius 3 is 2.48 bits per heavy atom. The van der Waals surface area contributed by atoms with E-state index < -0.39 is 23.9 Å². The standard InChI is InChI=1S/C15H18F3NO3.H3N/c16-15(17,18)13-6-5-11(8-19-13)7-12(14(20)21)22-9-10-3-1-2-4-10;/h5-6,8,10,12H,1-4,7,9H2,(H,20,21);1H3. The van der Waals surface area contributed by atoms with Crippen LogP contribution >= 0.6 is 0 Å². The molecule has 0 amide bonds. The zero-order valence-electron chi connectivity index (χ0n) is 12.9. The molecule has 4 N–H and O–H groups in total. The van der Waals surface area contributed by atoms with Crippen molar-refractivity contribution in [1.82, 2.24) is 11.1 Å². The van der Waals surface area contributed by atoms with Gasteiger partial charge in [-0.15, -0.1) is 0 Å². The van der Waals surface area contributed by atoms with Gasteiger partial charge in [0.15, 0.2) is 0 Å². The highest BCUT2D eigenvalue weighted by atomic mass is 19.4. The molecule has 8 heteroatoms. The first kappa shape index (κ1) is 19.4. The van der Waals surface area contributed by atoms with Crippen molar-refractivity contribution in [2.45, 2.75) is 44.4 Å². The molecule has 0 radical (unpaired) electrons. The average molecular weight is 334 g/mol. The van der Waals surface area contributed by atoms with E-state index in [1.54, 1.807) is 0 Å². The molecule has 2 rings (SSSR count). The molecule has 0 bridgehead atoms. The molecule has 130 valence electrons. The first-order chi connectivity index (χ1) is 10.4. The van der Waals surface area contributed by atoms with Gasteiger partial charge in [-0.2, -0.15) is 13.2 Å². The number of halogens is 3. The minimum atomic E-state index is -4.51. The smallest absolute Gasteiger partial charge is 0.433 e. The molecule has 1 unspecified atom stereocenters. The van der Waals surface area contributed by atoms with Crippen molar-refractivity contribution in [3.63, 3.8) is 0 Å². The Morgan fingerprint density at radius 1 is 1.35 bits per heavy atom. The monoisotopic (exact) mass is 334 g/mol. The van der Waals surface area contributed by atoms with Crippen LogP contribution in [-0.2, 0) is 22.1 Å². The van der Waals surface area contributed by atoms with Gasteiger partial charge in [0.2, 0.25) is 0 Å². The molecule has 23 heavy (non-hydrogen) atoms. The Labute approximate surface area is 132 Å². The number of ether oxygens (including phenoxy) is 1. The molecule has 1 aromatic heterocycles. The summed E-state index contributed by atoms with van der Waals surface area (Å²) in [6.45, 7) is 0.340. The van der Waals surface area contributed by atoms with E-state index >= 15 is 0 Å². The fraction of sp³-hybridized carbons (Fsp3) is 0.600. The van der Waals surface area contributed by atoms with Crippen LogP contribution in [0.4, 0.5) is 13.2 Å². The van der Waals surface area contributed by atoms with E-state index in [2.05, 4.69) is 4.98 Å². The molecule has 1 aliphatic carbocycles. The quantitative estimate of drug-likeness (QED) is 0.863. The Balaban J connectivity index is 0.00000264. The third-order valence-corrected chi connectivity index (χ3v) is 3.81. The van der Waals surface area contributed by atoms with Gasteiger partial charge < -0.3 is 20.8 Å². The van der Waals surface area contributed by atoms with Crippen molar-refractivity contribution >= 4 is 5.97 Å². The second-order valence-corrected chi connectivity index (χ2v) is 5.55. The van der Waals surface area contributed by atoms with Crippen LogP contribution in [0.1, 0.15) is 36.9 Å². The molecule has 0 spiro atoms. The zero-order valence-corrected chi connectivity index (χ0v) is 12.9. The third kappa shape index (κ3) is 5.80. The molecule has 1 aliphatic rings. The van der Waals surface area contributed by atoms with Gasteiger partial charge in [-0.3, -0.25) is 4.98 Å². The molecule has 1 fully saturated rings. The van der Waals surface area contributed by atoms with Crippen molar-refractivity contribution in [1.29, 1.82) is 0 Å². The summed E-state index contributed by atoms with van der Waals surface area (Å²) in [6, 6.07) is 2.04. The lowest BCUT2D eigenvalue weighted by molar-refractivity contribution is -0.317. The van der Waals surface area contributed by atoms with Crippen LogP contribution in [0.15, 0.2) is 18.3 Å². The molecule has 1 aromatic rings. The van der Waals surface area contributed by atoms with Gasteiger partial charge in [-0.25, -0.2) is 0 Å². The fourth-order valence-corrected chi connectivity index (χ4v) is 2.57. The lowest BCUT2D eigenvalue weighted by Gasteiger charge is -2.21. The zero-order chi connectivity index (χ0) is 16.2. The second-order valence-electron chi connectivity index (χ2n) is 5.55. The van der Waals surface area contributed by atoms with Gasteiger partial charge in [0.1, 0.15) is 11.8 Å². The molecule has 1 atom stereocenters. The number of carboxylic acid groups (broad SMARTS) is 1. The number of alkyl halides is 3. The number of quaternary nitrogens is 1. The Bertz CT molecular complexity index is 500. The number of hydrogen-bond acceptors (Lipinski definition) is 4.